The van der Waals surface area contributed by atoms with Crippen molar-refractivity contribution in [2.24, 2.45) is 23.7 Å². The lowest BCUT2D eigenvalue weighted by molar-refractivity contribution is -0.143. The molecule has 0 bridgehead atoms. The summed E-state index contributed by atoms with van der Waals surface area (Å²) in [5.41, 5.74) is 0. The van der Waals surface area contributed by atoms with E-state index in [9.17, 15) is 4.79 Å². The Hall–Kier alpha value is -0.570. The Bertz CT molecular complexity index is 247. The van der Waals surface area contributed by atoms with Gasteiger partial charge in [0, 0.05) is 6.04 Å². The van der Waals surface area contributed by atoms with Crippen LogP contribution in [0, 0.1) is 23.7 Å². The molecule has 0 atom stereocenters. The smallest absolute Gasteiger partial charge is 0.306 e. The van der Waals surface area contributed by atoms with Crippen LogP contribution in [0.1, 0.15) is 53.4 Å². The third-order valence-corrected chi connectivity index (χ3v) is 4.27. The number of rotatable bonds is 6. The molecule has 1 saturated carbocycles. The minimum absolute atomic E-state index is 0.0905. The monoisotopic (exact) mass is 255 g/mol. The minimum Gasteiger partial charge on any atom is -0.481 e. The maximum absolute atomic E-state index is 10.9. The summed E-state index contributed by atoms with van der Waals surface area (Å²) in [6, 6.07) is 0.571. The normalized spacial score (nSPS) is 25.1. The van der Waals surface area contributed by atoms with Crippen molar-refractivity contribution < 1.29 is 9.90 Å². The van der Waals surface area contributed by atoms with Gasteiger partial charge in [0.15, 0.2) is 0 Å². The second kappa shape index (κ2) is 7.13. The van der Waals surface area contributed by atoms with Crippen molar-refractivity contribution in [2.75, 3.05) is 6.54 Å². The van der Waals surface area contributed by atoms with Crippen molar-refractivity contribution in [1.29, 1.82) is 0 Å². The van der Waals surface area contributed by atoms with Crippen molar-refractivity contribution in [2.45, 2.75) is 59.4 Å². The van der Waals surface area contributed by atoms with Crippen LogP contribution < -0.4 is 5.32 Å². The molecule has 0 radical (unpaired) electrons. The van der Waals surface area contributed by atoms with Crippen LogP contribution >= 0.6 is 0 Å². The highest BCUT2D eigenvalue weighted by molar-refractivity contribution is 5.69. The Balaban J connectivity index is 2.30. The van der Waals surface area contributed by atoms with Gasteiger partial charge < -0.3 is 10.4 Å². The first-order chi connectivity index (χ1) is 8.41. The second-order valence-corrected chi connectivity index (χ2v) is 6.48. The molecule has 0 aromatic carbocycles. The van der Waals surface area contributed by atoms with E-state index < -0.39 is 5.97 Å². The van der Waals surface area contributed by atoms with Crippen LogP contribution in [0.3, 0.4) is 0 Å². The topological polar surface area (TPSA) is 49.3 Å². The van der Waals surface area contributed by atoms with Crippen molar-refractivity contribution in [3.05, 3.63) is 0 Å². The molecular formula is C15H29NO2. The van der Waals surface area contributed by atoms with E-state index in [0.717, 1.165) is 32.2 Å². The van der Waals surface area contributed by atoms with Gasteiger partial charge in [-0.15, -0.1) is 0 Å². The van der Waals surface area contributed by atoms with Gasteiger partial charge in [-0.2, -0.15) is 0 Å². The minimum atomic E-state index is -0.608. The number of hydrogen-bond donors (Lipinski definition) is 2. The van der Waals surface area contributed by atoms with Crippen LogP contribution in [0.2, 0.25) is 0 Å². The molecule has 106 valence electrons. The average molecular weight is 255 g/mol. The SMILES string of the molecule is CC(C)C(NCC1CCC(C(=O)O)CC1)C(C)C. The summed E-state index contributed by atoms with van der Waals surface area (Å²) in [5.74, 6) is 1.28. The Labute approximate surface area is 111 Å². The zero-order valence-corrected chi connectivity index (χ0v) is 12.3. The molecule has 0 aromatic heterocycles. The first kappa shape index (κ1) is 15.5. The number of hydrogen-bond acceptors (Lipinski definition) is 2. The molecule has 3 nitrogen and oxygen atoms in total. The highest BCUT2D eigenvalue weighted by Crippen LogP contribution is 2.28. The van der Waals surface area contributed by atoms with Gasteiger partial charge in [0.1, 0.15) is 0 Å². The Kier molecular flexibility index (Phi) is 6.13. The molecule has 0 spiro atoms. The van der Waals surface area contributed by atoms with Crippen molar-refractivity contribution >= 4 is 5.97 Å². The zero-order valence-electron chi connectivity index (χ0n) is 12.3. The lowest BCUT2D eigenvalue weighted by Crippen LogP contribution is -2.41. The summed E-state index contributed by atoms with van der Waals surface area (Å²) in [6.07, 6.45) is 3.84. The van der Waals surface area contributed by atoms with Crippen LogP contribution in [0.15, 0.2) is 0 Å². The second-order valence-electron chi connectivity index (χ2n) is 6.48. The summed E-state index contributed by atoms with van der Waals surface area (Å²) < 4.78 is 0. The van der Waals surface area contributed by atoms with E-state index in [0.29, 0.717) is 23.8 Å². The molecule has 18 heavy (non-hydrogen) atoms. The van der Waals surface area contributed by atoms with E-state index in [1.165, 1.54) is 0 Å². The van der Waals surface area contributed by atoms with Crippen molar-refractivity contribution in [1.82, 2.24) is 5.32 Å². The molecule has 0 aromatic rings. The molecule has 1 aliphatic carbocycles. The third kappa shape index (κ3) is 4.60. The Morgan fingerprint density at radius 1 is 1.11 bits per heavy atom. The summed E-state index contributed by atoms with van der Waals surface area (Å²) >= 11 is 0. The number of nitrogens with one attached hydrogen (secondary N) is 1. The molecular weight excluding hydrogens is 226 g/mol. The summed E-state index contributed by atoms with van der Waals surface area (Å²) in [4.78, 5) is 10.9. The molecule has 0 unspecified atom stereocenters. The van der Waals surface area contributed by atoms with Crippen LogP contribution in [-0.2, 0) is 4.79 Å². The van der Waals surface area contributed by atoms with Crippen LogP contribution in [0.25, 0.3) is 0 Å². The summed E-state index contributed by atoms with van der Waals surface area (Å²) in [6.45, 7) is 10.1. The van der Waals surface area contributed by atoms with Gasteiger partial charge in [-0.05, 0) is 50.0 Å². The molecule has 0 aliphatic heterocycles. The van der Waals surface area contributed by atoms with Crippen LogP contribution in [-0.4, -0.2) is 23.7 Å². The lowest BCUT2D eigenvalue weighted by Gasteiger charge is -2.31. The highest BCUT2D eigenvalue weighted by atomic mass is 16.4. The molecule has 0 amide bonds. The molecule has 3 heteroatoms. The fourth-order valence-corrected chi connectivity index (χ4v) is 3.16. The standard InChI is InChI=1S/C15H29NO2/c1-10(2)14(11(3)4)16-9-12-5-7-13(8-6-12)15(17)18/h10-14,16H,5-9H2,1-4H3,(H,17,18). The average Bonchev–Trinajstić information content (AvgIpc) is 2.28. The van der Waals surface area contributed by atoms with E-state index >= 15 is 0 Å². The Morgan fingerprint density at radius 2 is 1.61 bits per heavy atom. The number of carbonyl (C=O) groups is 1. The quantitative estimate of drug-likeness (QED) is 0.766. The first-order valence-corrected chi connectivity index (χ1v) is 7.38. The van der Waals surface area contributed by atoms with Crippen LogP contribution in [0.5, 0.6) is 0 Å². The van der Waals surface area contributed by atoms with Gasteiger partial charge in [-0.1, -0.05) is 27.7 Å². The van der Waals surface area contributed by atoms with Gasteiger partial charge in [0.05, 0.1) is 5.92 Å². The number of carboxylic acids is 1. The van der Waals surface area contributed by atoms with E-state index in [1.807, 2.05) is 0 Å². The summed E-state index contributed by atoms with van der Waals surface area (Å²) in [7, 11) is 0. The predicted octanol–water partition coefficient (Wildman–Crippen LogP) is 3.15. The van der Waals surface area contributed by atoms with Gasteiger partial charge in [0.2, 0.25) is 0 Å². The van der Waals surface area contributed by atoms with Crippen molar-refractivity contribution in [3.63, 3.8) is 0 Å². The van der Waals surface area contributed by atoms with E-state index in [4.69, 9.17) is 5.11 Å². The predicted molar refractivity (Wildman–Crippen MR) is 74.6 cm³/mol. The maximum Gasteiger partial charge on any atom is 0.306 e. The maximum atomic E-state index is 10.9. The molecule has 1 fully saturated rings. The highest BCUT2D eigenvalue weighted by Gasteiger charge is 2.26. The van der Waals surface area contributed by atoms with Crippen molar-refractivity contribution in [3.8, 4) is 0 Å². The fraction of sp³-hybridized carbons (Fsp3) is 0.933. The summed E-state index contributed by atoms with van der Waals surface area (Å²) in [5, 5.41) is 12.7. The van der Waals surface area contributed by atoms with E-state index in [1.54, 1.807) is 0 Å². The number of carboxylic acid groups (broad SMARTS) is 1. The number of aliphatic carboxylic acids is 1. The fourth-order valence-electron chi connectivity index (χ4n) is 3.16. The van der Waals surface area contributed by atoms with Gasteiger partial charge in [0.25, 0.3) is 0 Å². The molecule has 1 rings (SSSR count). The molecule has 1 aliphatic rings. The zero-order chi connectivity index (χ0) is 13.7. The molecule has 0 saturated heterocycles. The van der Waals surface area contributed by atoms with Gasteiger partial charge in [-0.25, -0.2) is 0 Å². The largest absolute Gasteiger partial charge is 0.481 e. The lowest BCUT2D eigenvalue weighted by atomic mass is 9.81. The molecule has 0 heterocycles. The van der Waals surface area contributed by atoms with Gasteiger partial charge >= 0.3 is 5.97 Å². The van der Waals surface area contributed by atoms with Gasteiger partial charge in [-0.3, -0.25) is 4.79 Å². The van der Waals surface area contributed by atoms with E-state index in [2.05, 4.69) is 33.0 Å². The van der Waals surface area contributed by atoms with E-state index in [-0.39, 0.29) is 5.92 Å². The first-order valence-electron chi connectivity index (χ1n) is 7.38. The Morgan fingerprint density at radius 3 is 2.00 bits per heavy atom. The third-order valence-electron chi connectivity index (χ3n) is 4.27. The molecule has 2 N–H and O–H groups in total. The van der Waals surface area contributed by atoms with Crippen LogP contribution in [0.4, 0.5) is 0 Å².